The highest BCUT2D eigenvalue weighted by Gasteiger charge is 1.97. The summed E-state index contributed by atoms with van der Waals surface area (Å²) in [6, 6.07) is 0. The van der Waals surface area contributed by atoms with Gasteiger partial charge in [-0.1, -0.05) is 6.92 Å². The van der Waals surface area contributed by atoms with Gasteiger partial charge in [-0.05, 0) is 13.8 Å². The zero-order valence-corrected chi connectivity index (χ0v) is 6.33. The van der Waals surface area contributed by atoms with Gasteiger partial charge in [-0.3, -0.25) is 4.18 Å². The van der Waals surface area contributed by atoms with Crippen LogP contribution in [0.5, 0.6) is 0 Å². The molecule has 0 aliphatic rings. The molecule has 1 unspecified atom stereocenters. The summed E-state index contributed by atoms with van der Waals surface area (Å²) in [6.07, 6.45) is 0.0794. The van der Waals surface area contributed by atoms with Crippen LogP contribution in [0.4, 0.5) is 0 Å². The second kappa shape index (κ2) is 4.04. The summed E-state index contributed by atoms with van der Waals surface area (Å²) in [4.78, 5) is 0. The summed E-state index contributed by atoms with van der Waals surface area (Å²) in [5.74, 6) is 0.582. The second-order valence-electron chi connectivity index (χ2n) is 1.74. The van der Waals surface area contributed by atoms with E-state index >= 15 is 0 Å². The summed E-state index contributed by atoms with van der Waals surface area (Å²) in [5, 5.41) is 0. The molecule has 8 heavy (non-hydrogen) atoms. The van der Waals surface area contributed by atoms with E-state index in [1.807, 2.05) is 20.8 Å². The van der Waals surface area contributed by atoms with Crippen molar-refractivity contribution >= 4 is 11.1 Å². The molecular weight excluding hydrogens is 124 g/mol. The Morgan fingerprint density at radius 1 is 1.62 bits per heavy atom. The first-order valence-corrected chi connectivity index (χ1v) is 3.96. The Bertz CT molecular complexity index is 80.5. The van der Waals surface area contributed by atoms with E-state index in [1.165, 1.54) is 0 Å². The maximum Gasteiger partial charge on any atom is 0.155 e. The van der Waals surface area contributed by atoms with Crippen LogP contribution in [0.25, 0.3) is 0 Å². The number of rotatable bonds is 3. The average Bonchev–Trinajstić information content (AvgIpc) is 1.65. The Morgan fingerprint density at radius 3 is 2.25 bits per heavy atom. The lowest BCUT2D eigenvalue weighted by Gasteiger charge is -2.02. The molecule has 0 radical (unpaired) electrons. The van der Waals surface area contributed by atoms with Gasteiger partial charge in [0.25, 0.3) is 0 Å². The Kier molecular flexibility index (Phi) is 4.09. The minimum Gasteiger partial charge on any atom is -0.288 e. The second-order valence-corrected chi connectivity index (χ2v) is 3.11. The highest BCUT2D eigenvalue weighted by Crippen LogP contribution is 1.91. The lowest BCUT2D eigenvalue weighted by atomic mass is 10.5. The zero-order chi connectivity index (χ0) is 6.57. The quantitative estimate of drug-likeness (QED) is 0.580. The van der Waals surface area contributed by atoms with Crippen LogP contribution in [0, 0.1) is 0 Å². The van der Waals surface area contributed by atoms with Gasteiger partial charge >= 0.3 is 0 Å². The average molecular weight is 136 g/mol. The van der Waals surface area contributed by atoms with Gasteiger partial charge < -0.3 is 0 Å². The summed E-state index contributed by atoms with van der Waals surface area (Å²) in [7, 11) is 0. The Balaban J connectivity index is 3.25. The van der Waals surface area contributed by atoms with E-state index in [-0.39, 0.29) is 6.10 Å². The molecule has 0 saturated carbocycles. The van der Waals surface area contributed by atoms with Gasteiger partial charge in [0.15, 0.2) is 11.1 Å². The lowest BCUT2D eigenvalue weighted by molar-refractivity contribution is 0.270. The fourth-order valence-electron chi connectivity index (χ4n) is 0.283. The van der Waals surface area contributed by atoms with Crippen LogP contribution in [0.3, 0.4) is 0 Å². The largest absolute Gasteiger partial charge is 0.288 e. The molecule has 0 aromatic carbocycles. The topological polar surface area (TPSA) is 26.3 Å². The molecule has 50 valence electrons. The van der Waals surface area contributed by atoms with E-state index in [9.17, 15) is 4.21 Å². The smallest absolute Gasteiger partial charge is 0.155 e. The van der Waals surface area contributed by atoms with Crippen molar-refractivity contribution in [2.45, 2.75) is 26.9 Å². The first kappa shape index (κ1) is 8.11. The molecule has 3 heteroatoms. The zero-order valence-electron chi connectivity index (χ0n) is 5.51. The first-order chi connectivity index (χ1) is 3.66. The maximum absolute atomic E-state index is 10.5. The van der Waals surface area contributed by atoms with Gasteiger partial charge in [0.1, 0.15) is 0 Å². The van der Waals surface area contributed by atoms with Crippen molar-refractivity contribution in [2.75, 3.05) is 5.75 Å². The van der Waals surface area contributed by atoms with Crippen LogP contribution in [0.1, 0.15) is 20.8 Å². The van der Waals surface area contributed by atoms with Crippen LogP contribution in [-0.2, 0) is 15.3 Å². The van der Waals surface area contributed by atoms with E-state index in [0.717, 1.165) is 0 Å². The summed E-state index contributed by atoms with van der Waals surface area (Å²) >= 11 is -1.06. The number of hydrogen-bond donors (Lipinski definition) is 0. The molecule has 0 heterocycles. The molecule has 0 saturated heterocycles. The van der Waals surface area contributed by atoms with Gasteiger partial charge in [-0.15, -0.1) is 0 Å². The maximum atomic E-state index is 10.5. The molecular formula is C5H12O2S. The van der Waals surface area contributed by atoms with Crippen molar-refractivity contribution in [3.05, 3.63) is 0 Å². The van der Waals surface area contributed by atoms with E-state index in [4.69, 9.17) is 4.18 Å². The third-order valence-electron chi connectivity index (χ3n) is 0.535. The van der Waals surface area contributed by atoms with Crippen LogP contribution < -0.4 is 0 Å². The molecule has 0 bridgehead atoms. The van der Waals surface area contributed by atoms with Crippen LogP contribution in [-0.4, -0.2) is 16.1 Å². The molecule has 0 aliphatic heterocycles. The molecule has 0 aromatic heterocycles. The van der Waals surface area contributed by atoms with Crippen molar-refractivity contribution in [2.24, 2.45) is 0 Å². The normalized spacial score (nSPS) is 14.5. The predicted molar refractivity (Wildman–Crippen MR) is 34.9 cm³/mol. The van der Waals surface area contributed by atoms with Crippen LogP contribution >= 0.6 is 0 Å². The fourth-order valence-corrected chi connectivity index (χ4v) is 0.848. The molecule has 0 aliphatic carbocycles. The van der Waals surface area contributed by atoms with Gasteiger partial charge in [0.2, 0.25) is 0 Å². The van der Waals surface area contributed by atoms with Crippen LogP contribution in [0.2, 0.25) is 0 Å². The van der Waals surface area contributed by atoms with Gasteiger partial charge in [-0.2, -0.15) is 0 Å². The summed E-state index contributed by atoms with van der Waals surface area (Å²) in [6.45, 7) is 5.57. The van der Waals surface area contributed by atoms with Crippen molar-refractivity contribution in [3.8, 4) is 0 Å². The van der Waals surface area contributed by atoms with E-state index in [1.54, 1.807) is 0 Å². The van der Waals surface area contributed by atoms with E-state index < -0.39 is 11.1 Å². The minimum absolute atomic E-state index is 0.0794. The van der Waals surface area contributed by atoms with Gasteiger partial charge in [0, 0.05) is 5.75 Å². The SMILES string of the molecule is CCS(=O)OC(C)C. The molecule has 0 aromatic rings. The Labute approximate surface area is 52.9 Å². The molecule has 0 amide bonds. The van der Waals surface area contributed by atoms with E-state index in [2.05, 4.69) is 0 Å². The Hall–Kier alpha value is 0.110. The van der Waals surface area contributed by atoms with Crippen LogP contribution in [0.15, 0.2) is 0 Å². The third kappa shape index (κ3) is 4.27. The van der Waals surface area contributed by atoms with E-state index in [0.29, 0.717) is 5.75 Å². The Morgan fingerprint density at radius 2 is 2.12 bits per heavy atom. The molecule has 2 nitrogen and oxygen atoms in total. The monoisotopic (exact) mass is 136 g/mol. The molecule has 1 atom stereocenters. The standard InChI is InChI=1S/C5H12O2S/c1-4-8(6)7-5(2)3/h5H,4H2,1-3H3. The van der Waals surface area contributed by atoms with Crippen molar-refractivity contribution in [1.82, 2.24) is 0 Å². The number of hydrogen-bond acceptors (Lipinski definition) is 2. The summed E-state index contributed by atoms with van der Waals surface area (Å²) < 4.78 is 15.4. The van der Waals surface area contributed by atoms with Gasteiger partial charge in [0.05, 0.1) is 6.10 Å². The molecule has 0 spiro atoms. The molecule has 0 fully saturated rings. The van der Waals surface area contributed by atoms with Crippen molar-refractivity contribution in [3.63, 3.8) is 0 Å². The summed E-state index contributed by atoms with van der Waals surface area (Å²) in [5.41, 5.74) is 0. The van der Waals surface area contributed by atoms with Crippen molar-refractivity contribution in [1.29, 1.82) is 0 Å². The lowest BCUT2D eigenvalue weighted by Crippen LogP contribution is -2.06. The highest BCUT2D eigenvalue weighted by molar-refractivity contribution is 7.80. The first-order valence-electron chi connectivity index (χ1n) is 2.72. The molecule has 0 rings (SSSR count). The van der Waals surface area contributed by atoms with Crippen molar-refractivity contribution < 1.29 is 8.39 Å². The minimum atomic E-state index is -1.06. The predicted octanol–water partition coefficient (Wildman–Crippen LogP) is 1.09. The molecule has 0 N–H and O–H groups in total. The third-order valence-corrected chi connectivity index (χ3v) is 1.61. The highest BCUT2D eigenvalue weighted by atomic mass is 32.2. The van der Waals surface area contributed by atoms with Gasteiger partial charge in [-0.25, -0.2) is 4.21 Å². The fraction of sp³-hybridized carbons (Fsp3) is 1.00.